The van der Waals surface area contributed by atoms with E-state index < -0.39 is 0 Å². The molecule has 1 aromatic carbocycles. The second-order valence-electron chi connectivity index (χ2n) is 5.37. The largest absolute Gasteiger partial charge is 0.348 e. The topological polar surface area (TPSA) is 41.1 Å². The van der Waals surface area contributed by atoms with Crippen LogP contribution in [0.2, 0.25) is 0 Å². The van der Waals surface area contributed by atoms with Crippen molar-refractivity contribution in [3.63, 3.8) is 0 Å². The normalized spacial score (nSPS) is 13.7. The van der Waals surface area contributed by atoms with Crippen LogP contribution in [0.3, 0.4) is 0 Å². The monoisotopic (exact) mass is 308 g/mol. The Morgan fingerprint density at radius 3 is 2.57 bits per heavy atom. The highest BCUT2D eigenvalue weighted by atomic mass is 32.1. The van der Waals surface area contributed by atoms with Crippen molar-refractivity contribution >= 4 is 18.5 Å². The Bertz CT molecular complexity index is 397. The van der Waals surface area contributed by atoms with Crippen molar-refractivity contribution in [1.82, 2.24) is 10.6 Å². The van der Waals surface area contributed by atoms with Gasteiger partial charge in [-0.1, -0.05) is 50.1 Å². The highest BCUT2D eigenvalue weighted by Crippen LogP contribution is 2.11. The third-order valence-corrected chi connectivity index (χ3v) is 3.82. The van der Waals surface area contributed by atoms with Gasteiger partial charge in [-0.2, -0.15) is 12.6 Å². The first kappa shape index (κ1) is 18.1. The highest BCUT2D eigenvalue weighted by molar-refractivity contribution is 7.80. The fraction of sp³-hybridized carbons (Fsp3) is 0.588. The number of hydrogen-bond acceptors (Lipinski definition) is 3. The minimum Gasteiger partial charge on any atom is -0.348 e. The van der Waals surface area contributed by atoms with Crippen molar-refractivity contribution in [3.05, 3.63) is 35.9 Å². The zero-order valence-electron chi connectivity index (χ0n) is 13.1. The Morgan fingerprint density at radius 2 is 1.95 bits per heavy atom. The third-order valence-electron chi connectivity index (χ3n) is 3.56. The van der Waals surface area contributed by atoms with E-state index in [9.17, 15) is 4.79 Å². The molecule has 0 fully saturated rings. The van der Waals surface area contributed by atoms with Crippen LogP contribution < -0.4 is 10.6 Å². The summed E-state index contributed by atoms with van der Waals surface area (Å²) in [5, 5.41) is 6.44. The van der Waals surface area contributed by atoms with Gasteiger partial charge in [-0.3, -0.25) is 4.79 Å². The van der Waals surface area contributed by atoms with Gasteiger partial charge in [0.05, 0.1) is 12.1 Å². The van der Waals surface area contributed by atoms with Gasteiger partial charge in [-0.05, 0) is 37.6 Å². The number of amides is 1. The van der Waals surface area contributed by atoms with Crippen molar-refractivity contribution < 1.29 is 4.79 Å². The van der Waals surface area contributed by atoms with Crippen LogP contribution in [0.5, 0.6) is 0 Å². The smallest absolute Gasteiger partial charge is 0.237 e. The predicted molar refractivity (Wildman–Crippen MR) is 92.8 cm³/mol. The molecule has 118 valence electrons. The van der Waals surface area contributed by atoms with Gasteiger partial charge in [0.25, 0.3) is 0 Å². The molecule has 0 saturated heterocycles. The summed E-state index contributed by atoms with van der Waals surface area (Å²) >= 11 is 4.26. The minimum absolute atomic E-state index is 0.0264. The van der Waals surface area contributed by atoms with Gasteiger partial charge in [0.2, 0.25) is 5.91 Å². The van der Waals surface area contributed by atoms with Crippen LogP contribution in [0.4, 0.5) is 0 Å². The zero-order valence-corrected chi connectivity index (χ0v) is 14.0. The quantitative estimate of drug-likeness (QED) is 0.458. The van der Waals surface area contributed by atoms with Gasteiger partial charge in [0, 0.05) is 0 Å². The molecule has 0 spiro atoms. The van der Waals surface area contributed by atoms with Crippen molar-refractivity contribution in [2.75, 3.05) is 12.3 Å². The molecule has 0 bridgehead atoms. The van der Waals surface area contributed by atoms with Crippen LogP contribution in [-0.4, -0.2) is 24.2 Å². The molecule has 0 aliphatic heterocycles. The summed E-state index contributed by atoms with van der Waals surface area (Å²) in [7, 11) is 0. The van der Waals surface area contributed by atoms with Gasteiger partial charge < -0.3 is 10.6 Å². The molecule has 1 aromatic rings. The van der Waals surface area contributed by atoms with E-state index in [0.717, 1.165) is 24.9 Å². The van der Waals surface area contributed by atoms with Crippen molar-refractivity contribution in [3.8, 4) is 0 Å². The Hall–Kier alpha value is -1.00. The molecular formula is C17H28N2OS. The number of benzene rings is 1. The lowest BCUT2D eigenvalue weighted by molar-refractivity contribution is -0.123. The average Bonchev–Trinajstić information content (AvgIpc) is 2.51. The van der Waals surface area contributed by atoms with E-state index in [1.165, 1.54) is 12.8 Å². The Labute approximate surface area is 134 Å². The van der Waals surface area contributed by atoms with Crippen LogP contribution in [0.15, 0.2) is 30.3 Å². The minimum atomic E-state index is -0.148. The van der Waals surface area contributed by atoms with E-state index >= 15 is 0 Å². The first-order valence-electron chi connectivity index (χ1n) is 7.88. The fourth-order valence-corrected chi connectivity index (χ4v) is 2.50. The summed E-state index contributed by atoms with van der Waals surface area (Å²) in [5.41, 5.74) is 1.13. The highest BCUT2D eigenvalue weighted by Gasteiger charge is 2.19. The molecule has 1 rings (SSSR count). The van der Waals surface area contributed by atoms with Crippen molar-refractivity contribution in [2.24, 2.45) is 0 Å². The zero-order chi connectivity index (χ0) is 15.5. The molecular weight excluding hydrogens is 280 g/mol. The van der Waals surface area contributed by atoms with E-state index in [2.05, 4.69) is 30.2 Å². The number of nitrogens with one attached hydrogen (secondary N) is 2. The number of carbonyl (C=O) groups excluding carboxylic acids is 1. The molecule has 0 heterocycles. The van der Waals surface area contributed by atoms with Gasteiger partial charge in [-0.15, -0.1) is 0 Å². The SMILES string of the molecule is CCCCCN[C@H](CCS)C(=O)N[C@H](C)c1ccccc1. The lowest BCUT2D eigenvalue weighted by Gasteiger charge is -2.21. The number of carbonyl (C=O) groups is 1. The fourth-order valence-electron chi connectivity index (χ4n) is 2.25. The lowest BCUT2D eigenvalue weighted by Crippen LogP contribution is -2.45. The second kappa shape index (κ2) is 10.7. The van der Waals surface area contributed by atoms with Crippen LogP contribution in [0, 0.1) is 0 Å². The summed E-state index contributed by atoms with van der Waals surface area (Å²) in [6, 6.07) is 9.92. The summed E-state index contributed by atoms with van der Waals surface area (Å²) < 4.78 is 0. The van der Waals surface area contributed by atoms with Gasteiger partial charge in [-0.25, -0.2) is 0 Å². The molecule has 0 aliphatic carbocycles. The molecule has 1 amide bonds. The van der Waals surface area contributed by atoms with Crippen LogP contribution in [0.25, 0.3) is 0 Å². The van der Waals surface area contributed by atoms with Gasteiger partial charge in [0.15, 0.2) is 0 Å². The summed E-state index contributed by atoms with van der Waals surface area (Å²) in [6.45, 7) is 5.08. The predicted octanol–water partition coefficient (Wildman–Crippen LogP) is 3.33. The molecule has 0 unspecified atom stereocenters. The number of unbranched alkanes of at least 4 members (excludes halogenated alkanes) is 2. The third kappa shape index (κ3) is 7.00. The van der Waals surface area contributed by atoms with Crippen LogP contribution >= 0.6 is 12.6 Å². The Kier molecular flexibility index (Phi) is 9.19. The molecule has 21 heavy (non-hydrogen) atoms. The molecule has 0 radical (unpaired) electrons. The Balaban J connectivity index is 2.48. The van der Waals surface area contributed by atoms with Gasteiger partial charge in [0.1, 0.15) is 0 Å². The average molecular weight is 308 g/mol. The standard InChI is InChI=1S/C17H28N2OS/c1-3-4-8-12-18-16(11-13-21)17(20)19-14(2)15-9-6-5-7-10-15/h5-7,9-10,14,16,18,21H,3-4,8,11-13H2,1-2H3,(H,19,20)/t14-,16-/m1/s1. The number of rotatable bonds is 10. The molecule has 0 saturated carbocycles. The maximum Gasteiger partial charge on any atom is 0.237 e. The number of hydrogen-bond donors (Lipinski definition) is 3. The maximum absolute atomic E-state index is 12.4. The van der Waals surface area contributed by atoms with Crippen molar-refractivity contribution in [1.29, 1.82) is 0 Å². The van der Waals surface area contributed by atoms with E-state index in [1.807, 2.05) is 37.3 Å². The molecule has 3 nitrogen and oxygen atoms in total. The molecule has 0 aliphatic rings. The van der Waals surface area contributed by atoms with Crippen LogP contribution in [0.1, 0.15) is 51.1 Å². The lowest BCUT2D eigenvalue weighted by atomic mass is 10.1. The summed E-state index contributed by atoms with van der Waals surface area (Å²) in [4.78, 5) is 12.4. The molecule has 2 N–H and O–H groups in total. The first-order valence-corrected chi connectivity index (χ1v) is 8.51. The van der Waals surface area contributed by atoms with Gasteiger partial charge >= 0.3 is 0 Å². The maximum atomic E-state index is 12.4. The van der Waals surface area contributed by atoms with Crippen molar-refractivity contribution in [2.45, 2.75) is 51.6 Å². The number of thiol groups is 1. The molecule has 4 heteroatoms. The van der Waals surface area contributed by atoms with Crippen LogP contribution in [-0.2, 0) is 4.79 Å². The molecule has 0 aromatic heterocycles. The second-order valence-corrected chi connectivity index (χ2v) is 5.81. The molecule has 2 atom stereocenters. The van der Waals surface area contributed by atoms with E-state index in [0.29, 0.717) is 5.75 Å². The van der Waals surface area contributed by atoms with E-state index in [4.69, 9.17) is 0 Å². The van der Waals surface area contributed by atoms with E-state index in [1.54, 1.807) is 0 Å². The Morgan fingerprint density at radius 1 is 1.24 bits per heavy atom. The van der Waals surface area contributed by atoms with E-state index in [-0.39, 0.29) is 18.0 Å². The first-order chi connectivity index (χ1) is 10.2. The summed E-state index contributed by atoms with van der Waals surface area (Å²) in [6.07, 6.45) is 4.25. The summed E-state index contributed by atoms with van der Waals surface area (Å²) in [5.74, 6) is 0.774.